The van der Waals surface area contributed by atoms with Gasteiger partial charge in [-0.25, -0.2) is 4.98 Å². The van der Waals surface area contributed by atoms with E-state index in [2.05, 4.69) is 32.2 Å². The van der Waals surface area contributed by atoms with E-state index in [1.165, 1.54) is 17.3 Å². The number of carbonyl (C=O) groups is 1. The fourth-order valence-electron chi connectivity index (χ4n) is 3.87. The number of nitriles is 1. The molecule has 5 nitrogen and oxygen atoms in total. The maximum Gasteiger partial charge on any atom is 0.234 e. The fraction of sp³-hybridized carbons (Fsp3) is 0.458. The second-order valence-electron chi connectivity index (χ2n) is 8.53. The van der Waals surface area contributed by atoms with Gasteiger partial charge in [0.1, 0.15) is 16.8 Å². The van der Waals surface area contributed by atoms with E-state index in [0.717, 1.165) is 31.4 Å². The van der Waals surface area contributed by atoms with Gasteiger partial charge in [0, 0.05) is 11.4 Å². The maximum absolute atomic E-state index is 12.4. The first-order valence-corrected chi connectivity index (χ1v) is 11.8. The lowest BCUT2D eigenvalue weighted by molar-refractivity contribution is -0.113. The Morgan fingerprint density at radius 3 is 2.84 bits per heavy atom. The Labute approximate surface area is 193 Å². The van der Waals surface area contributed by atoms with E-state index in [1.54, 1.807) is 25.3 Å². The van der Waals surface area contributed by atoms with Crippen molar-refractivity contribution in [2.45, 2.75) is 51.5 Å². The largest absolute Gasteiger partial charge is 0.495 e. The van der Waals surface area contributed by atoms with E-state index in [0.29, 0.717) is 33.0 Å². The molecule has 7 heteroatoms. The summed E-state index contributed by atoms with van der Waals surface area (Å²) < 4.78 is 5.13. The summed E-state index contributed by atoms with van der Waals surface area (Å²) in [5.41, 5.74) is 3.65. The van der Waals surface area contributed by atoms with Crippen LogP contribution in [0.2, 0.25) is 5.02 Å². The highest BCUT2D eigenvalue weighted by Crippen LogP contribution is 2.40. The van der Waals surface area contributed by atoms with Crippen molar-refractivity contribution in [1.29, 1.82) is 5.26 Å². The molecule has 0 fully saturated rings. The number of aromatic nitrogens is 1. The molecule has 2 aromatic rings. The number of methoxy groups -OCH3 is 1. The van der Waals surface area contributed by atoms with Crippen LogP contribution < -0.4 is 10.1 Å². The highest BCUT2D eigenvalue weighted by Gasteiger charge is 2.32. The Bertz CT molecular complexity index is 1020. The average molecular weight is 458 g/mol. The highest BCUT2D eigenvalue weighted by molar-refractivity contribution is 8.00. The summed E-state index contributed by atoms with van der Waals surface area (Å²) in [7, 11) is 1.54. The SMILES string of the molecule is CCC(C)(C)C1CCc2nc(SCC(=O)Nc3ccc(OC)c(Cl)c3)c(C#N)cc2C1. The molecule has 31 heavy (non-hydrogen) atoms. The van der Waals surface area contributed by atoms with Gasteiger partial charge >= 0.3 is 0 Å². The van der Waals surface area contributed by atoms with Gasteiger partial charge < -0.3 is 10.1 Å². The quantitative estimate of drug-likeness (QED) is 0.525. The monoisotopic (exact) mass is 457 g/mol. The number of rotatable bonds is 7. The van der Waals surface area contributed by atoms with Gasteiger partial charge in [0.25, 0.3) is 0 Å². The average Bonchev–Trinajstić information content (AvgIpc) is 2.76. The van der Waals surface area contributed by atoms with Crippen LogP contribution >= 0.6 is 23.4 Å². The van der Waals surface area contributed by atoms with E-state index in [4.69, 9.17) is 21.3 Å². The third-order valence-electron chi connectivity index (χ3n) is 6.26. The van der Waals surface area contributed by atoms with Crippen molar-refractivity contribution in [3.63, 3.8) is 0 Å². The number of pyridine rings is 1. The molecule has 1 aromatic carbocycles. The Morgan fingerprint density at radius 1 is 1.42 bits per heavy atom. The molecule has 0 spiro atoms. The van der Waals surface area contributed by atoms with Gasteiger partial charge in [-0.1, -0.05) is 50.6 Å². The number of anilines is 1. The smallest absolute Gasteiger partial charge is 0.234 e. The van der Waals surface area contributed by atoms with Crippen LogP contribution in [0.15, 0.2) is 29.3 Å². The lowest BCUT2D eigenvalue weighted by atomic mass is 9.69. The molecule has 1 heterocycles. The molecule has 1 aromatic heterocycles. The van der Waals surface area contributed by atoms with Crippen LogP contribution in [0.3, 0.4) is 0 Å². The maximum atomic E-state index is 12.4. The molecular formula is C24H28ClN3O2S. The van der Waals surface area contributed by atoms with Crippen molar-refractivity contribution in [1.82, 2.24) is 4.98 Å². The summed E-state index contributed by atoms with van der Waals surface area (Å²) in [4.78, 5) is 17.2. The summed E-state index contributed by atoms with van der Waals surface area (Å²) in [6, 6.07) is 9.33. The second-order valence-corrected chi connectivity index (χ2v) is 9.90. The molecule has 164 valence electrons. The number of aryl methyl sites for hydroxylation is 1. The van der Waals surface area contributed by atoms with E-state index in [-0.39, 0.29) is 17.1 Å². The molecule has 0 saturated heterocycles. The van der Waals surface area contributed by atoms with Crippen molar-refractivity contribution < 1.29 is 9.53 Å². The summed E-state index contributed by atoms with van der Waals surface area (Å²) >= 11 is 7.40. The Kier molecular flexibility index (Phi) is 7.51. The topological polar surface area (TPSA) is 75.0 Å². The van der Waals surface area contributed by atoms with Crippen LogP contribution in [0, 0.1) is 22.7 Å². The number of hydrogen-bond acceptors (Lipinski definition) is 5. The van der Waals surface area contributed by atoms with Crippen LogP contribution in [-0.4, -0.2) is 23.8 Å². The van der Waals surface area contributed by atoms with Gasteiger partial charge in [0.15, 0.2) is 0 Å². The van der Waals surface area contributed by atoms with Crippen molar-refractivity contribution in [3.8, 4) is 11.8 Å². The van der Waals surface area contributed by atoms with E-state index < -0.39 is 0 Å². The zero-order valence-corrected chi connectivity index (χ0v) is 20.0. The molecular weight excluding hydrogens is 430 g/mol. The molecule has 0 bridgehead atoms. The minimum atomic E-state index is -0.181. The van der Waals surface area contributed by atoms with Gasteiger partial charge in [-0.2, -0.15) is 5.26 Å². The van der Waals surface area contributed by atoms with Crippen molar-refractivity contribution >= 4 is 35.0 Å². The van der Waals surface area contributed by atoms with E-state index in [9.17, 15) is 10.1 Å². The zero-order valence-electron chi connectivity index (χ0n) is 18.4. The van der Waals surface area contributed by atoms with Crippen LogP contribution in [0.5, 0.6) is 5.75 Å². The van der Waals surface area contributed by atoms with Crippen LogP contribution in [0.1, 0.15) is 50.4 Å². The molecule has 1 aliphatic rings. The lowest BCUT2D eigenvalue weighted by Gasteiger charge is -2.37. The first kappa shape index (κ1) is 23.4. The normalized spacial score (nSPS) is 15.7. The standard InChI is InChI=1S/C24H28ClN3O2S/c1-5-24(2,3)17-6-8-20-15(11-17)10-16(13-26)23(28-20)31-14-22(29)27-18-7-9-21(30-4)19(25)12-18/h7,9-10,12,17H,5-6,8,11,14H2,1-4H3,(H,27,29). The molecule has 3 rings (SSSR count). The number of hydrogen-bond donors (Lipinski definition) is 1. The fourth-order valence-corrected chi connectivity index (χ4v) is 4.90. The molecule has 0 saturated carbocycles. The van der Waals surface area contributed by atoms with Crippen LogP contribution in [0.4, 0.5) is 5.69 Å². The number of carbonyl (C=O) groups excluding carboxylic acids is 1. The van der Waals surface area contributed by atoms with Crippen LogP contribution in [0.25, 0.3) is 0 Å². The number of fused-ring (bicyclic) bond motifs is 1. The molecule has 1 aliphatic carbocycles. The molecule has 0 aliphatic heterocycles. The molecule has 1 N–H and O–H groups in total. The lowest BCUT2D eigenvalue weighted by Crippen LogP contribution is -2.29. The number of halogens is 1. The molecule has 1 amide bonds. The minimum Gasteiger partial charge on any atom is -0.495 e. The molecule has 1 atom stereocenters. The van der Waals surface area contributed by atoms with Gasteiger partial charge in [-0.05, 0) is 60.4 Å². The van der Waals surface area contributed by atoms with E-state index >= 15 is 0 Å². The Balaban J connectivity index is 1.68. The Morgan fingerprint density at radius 2 is 2.19 bits per heavy atom. The molecule has 0 radical (unpaired) electrons. The third-order valence-corrected chi connectivity index (χ3v) is 7.55. The van der Waals surface area contributed by atoms with Gasteiger partial charge in [-0.15, -0.1) is 0 Å². The summed E-state index contributed by atoms with van der Waals surface area (Å²) in [6.07, 6.45) is 4.12. The Hall–Kier alpha value is -2.23. The number of benzene rings is 1. The first-order chi connectivity index (χ1) is 14.8. The third kappa shape index (κ3) is 5.53. The summed E-state index contributed by atoms with van der Waals surface area (Å²) in [5.74, 6) is 1.13. The zero-order chi connectivity index (χ0) is 22.6. The van der Waals surface area contributed by atoms with Crippen molar-refractivity contribution in [2.24, 2.45) is 11.3 Å². The van der Waals surface area contributed by atoms with Crippen molar-refractivity contribution in [3.05, 3.63) is 46.1 Å². The summed E-state index contributed by atoms with van der Waals surface area (Å²) in [6.45, 7) is 6.87. The number of nitrogens with zero attached hydrogens (tertiary/aromatic N) is 2. The predicted molar refractivity (Wildman–Crippen MR) is 126 cm³/mol. The summed E-state index contributed by atoms with van der Waals surface area (Å²) in [5, 5.41) is 13.5. The first-order valence-electron chi connectivity index (χ1n) is 10.5. The number of thioether (sulfide) groups is 1. The van der Waals surface area contributed by atoms with Gasteiger partial charge in [0.2, 0.25) is 5.91 Å². The highest BCUT2D eigenvalue weighted by atomic mass is 35.5. The van der Waals surface area contributed by atoms with Crippen LogP contribution in [-0.2, 0) is 17.6 Å². The van der Waals surface area contributed by atoms with E-state index in [1.807, 2.05) is 6.07 Å². The number of amides is 1. The van der Waals surface area contributed by atoms with Gasteiger partial charge in [-0.3, -0.25) is 4.79 Å². The predicted octanol–water partition coefficient (Wildman–Crippen LogP) is 5.89. The second kappa shape index (κ2) is 9.93. The number of nitrogens with one attached hydrogen (secondary N) is 1. The number of ether oxygens (including phenoxy) is 1. The van der Waals surface area contributed by atoms with Gasteiger partial charge in [0.05, 0.1) is 23.4 Å². The minimum absolute atomic E-state index is 0.162. The van der Waals surface area contributed by atoms with Crippen molar-refractivity contribution in [2.75, 3.05) is 18.2 Å². The molecule has 1 unspecified atom stereocenters.